The third-order valence-corrected chi connectivity index (χ3v) is 5.59. The Labute approximate surface area is 167 Å². The zero-order chi connectivity index (χ0) is 17.9. The topological polar surface area (TPSA) is 41.6 Å². The van der Waals surface area contributed by atoms with Gasteiger partial charge in [0.05, 0.1) is 0 Å². The monoisotopic (exact) mass is 386 g/mol. The number of rotatable bonds is 6. The summed E-state index contributed by atoms with van der Waals surface area (Å²) in [6, 6.07) is 18.8. The van der Waals surface area contributed by atoms with E-state index in [9.17, 15) is 4.79 Å². The molecule has 4 nitrogen and oxygen atoms in total. The summed E-state index contributed by atoms with van der Waals surface area (Å²) in [5.74, 6) is 1.68. The number of ether oxygens (including phenoxy) is 1. The van der Waals surface area contributed by atoms with E-state index in [1.54, 1.807) is 0 Å². The molecule has 1 heterocycles. The average Bonchev–Trinajstić information content (AvgIpc) is 3.30. The Morgan fingerprint density at radius 3 is 2.56 bits per heavy atom. The minimum Gasteiger partial charge on any atom is -0.489 e. The largest absolute Gasteiger partial charge is 0.489 e. The molecule has 2 fully saturated rings. The molecular weight excluding hydrogens is 360 g/mol. The molecule has 2 aromatic carbocycles. The quantitative estimate of drug-likeness (QED) is 0.824. The minimum absolute atomic E-state index is 0. The third kappa shape index (κ3) is 4.63. The third-order valence-electron chi connectivity index (χ3n) is 5.59. The Morgan fingerprint density at radius 1 is 1.15 bits per heavy atom. The number of carbonyl (C=O) groups is 1. The number of hydrogen-bond donors (Lipinski definition) is 1. The number of likely N-dealkylation sites (N-methyl/N-ethyl adjacent to an activating group) is 1. The number of nitrogens with one attached hydrogen (secondary N) is 1. The van der Waals surface area contributed by atoms with E-state index >= 15 is 0 Å². The Kier molecular flexibility index (Phi) is 6.40. The second-order valence-electron chi connectivity index (χ2n) is 7.39. The second-order valence-corrected chi connectivity index (χ2v) is 7.39. The van der Waals surface area contributed by atoms with Gasteiger partial charge >= 0.3 is 0 Å². The number of hydrogen-bond acceptors (Lipinski definition) is 3. The van der Waals surface area contributed by atoms with E-state index in [-0.39, 0.29) is 18.3 Å². The van der Waals surface area contributed by atoms with Crippen LogP contribution in [0.3, 0.4) is 0 Å². The van der Waals surface area contributed by atoms with Crippen molar-refractivity contribution in [3.63, 3.8) is 0 Å². The summed E-state index contributed by atoms with van der Waals surface area (Å²) in [5.41, 5.74) is 2.40. The highest BCUT2D eigenvalue weighted by atomic mass is 35.5. The van der Waals surface area contributed by atoms with Gasteiger partial charge in [0, 0.05) is 25.6 Å². The highest BCUT2D eigenvalue weighted by Crippen LogP contribution is 2.48. The van der Waals surface area contributed by atoms with Gasteiger partial charge < -0.3 is 15.0 Å². The maximum absolute atomic E-state index is 12.7. The molecular formula is C22H27ClN2O2. The first-order valence-corrected chi connectivity index (χ1v) is 9.46. The van der Waals surface area contributed by atoms with Crippen molar-refractivity contribution in [1.29, 1.82) is 0 Å². The van der Waals surface area contributed by atoms with Gasteiger partial charge in [-0.05, 0) is 48.6 Å². The zero-order valence-electron chi connectivity index (χ0n) is 15.6. The van der Waals surface area contributed by atoms with Gasteiger partial charge in [0.2, 0.25) is 5.91 Å². The summed E-state index contributed by atoms with van der Waals surface area (Å²) < 4.78 is 5.85. The summed E-state index contributed by atoms with van der Waals surface area (Å²) in [6.07, 6.45) is 2.03. The predicted molar refractivity (Wildman–Crippen MR) is 109 cm³/mol. The molecule has 3 atom stereocenters. The molecule has 1 amide bonds. The van der Waals surface area contributed by atoms with E-state index < -0.39 is 0 Å². The molecule has 27 heavy (non-hydrogen) atoms. The van der Waals surface area contributed by atoms with Crippen molar-refractivity contribution in [3.05, 3.63) is 65.7 Å². The maximum Gasteiger partial charge on any atom is 0.226 e. The predicted octanol–water partition coefficient (Wildman–Crippen LogP) is 3.61. The van der Waals surface area contributed by atoms with Crippen LogP contribution in [0.2, 0.25) is 0 Å². The molecule has 144 valence electrons. The van der Waals surface area contributed by atoms with Crippen LogP contribution in [0.15, 0.2) is 54.6 Å². The van der Waals surface area contributed by atoms with Crippen LogP contribution >= 0.6 is 12.4 Å². The van der Waals surface area contributed by atoms with E-state index in [2.05, 4.69) is 29.6 Å². The van der Waals surface area contributed by atoms with Crippen molar-refractivity contribution in [2.75, 3.05) is 20.1 Å². The van der Waals surface area contributed by atoms with Crippen LogP contribution in [0.5, 0.6) is 5.75 Å². The fourth-order valence-corrected chi connectivity index (χ4v) is 3.80. The van der Waals surface area contributed by atoms with Gasteiger partial charge in [-0.2, -0.15) is 0 Å². The van der Waals surface area contributed by atoms with Gasteiger partial charge in [0.1, 0.15) is 12.4 Å². The van der Waals surface area contributed by atoms with Crippen molar-refractivity contribution in [2.24, 2.45) is 5.92 Å². The lowest BCUT2D eigenvalue weighted by Crippen LogP contribution is -2.39. The first kappa shape index (κ1) is 19.7. The lowest BCUT2D eigenvalue weighted by atomic mass is 10.1. The summed E-state index contributed by atoms with van der Waals surface area (Å²) in [5, 5.41) is 3.33. The number of nitrogens with zero attached hydrogens (tertiary/aromatic N) is 1. The number of carbonyl (C=O) groups excluding carboxylic acids is 1. The molecule has 0 bridgehead atoms. The summed E-state index contributed by atoms with van der Waals surface area (Å²) in [7, 11) is 1.95. The molecule has 5 heteroatoms. The van der Waals surface area contributed by atoms with E-state index in [4.69, 9.17) is 4.74 Å². The van der Waals surface area contributed by atoms with Gasteiger partial charge in [0.25, 0.3) is 0 Å². The highest BCUT2D eigenvalue weighted by molar-refractivity contribution is 5.85. The van der Waals surface area contributed by atoms with Crippen molar-refractivity contribution < 1.29 is 9.53 Å². The molecule has 1 saturated heterocycles. The van der Waals surface area contributed by atoms with Crippen LogP contribution in [0.25, 0.3) is 0 Å². The molecule has 0 spiro atoms. The number of amides is 1. The Balaban J connectivity index is 0.00000210. The summed E-state index contributed by atoms with van der Waals surface area (Å²) in [6.45, 7) is 2.51. The summed E-state index contributed by atoms with van der Waals surface area (Å²) >= 11 is 0. The van der Waals surface area contributed by atoms with Gasteiger partial charge in [-0.1, -0.05) is 42.5 Å². The molecule has 1 aliphatic heterocycles. The van der Waals surface area contributed by atoms with Crippen LogP contribution in [0, 0.1) is 5.92 Å². The van der Waals surface area contributed by atoms with Crippen molar-refractivity contribution >= 4 is 18.3 Å². The maximum atomic E-state index is 12.7. The smallest absolute Gasteiger partial charge is 0.226 e. The van der Waals surface area contributed by atoms with Crippen LogP contribution in [-0.2, 0) is 11.4 Å². The van der Waals surface area contributed by atoms with Crippen LogP contribution in [0.4, 0.5) is 0 Å². The Bertz CT molecular complexity index is 745. The number of benzene rings is 2. The second kappa shape index (κ2) is 8.77. The first-order chi connectivity index (χ1) is 12.7. The fraction of sp³-hybridized carbons (Fsp3) is 0.409. The SMILES string of the molecule is CN(C(=O)C1CC1c1ccc(OCc2ccccc2)cc1)C1CCNC1.Cl. The molecule has 1 saturated carbocycles. The number of halogens is 1. The van der Waals surface area contributed by atoms with Crippen LogP contribution in [-0.4, -0.2) is 37.0 Å². The lowest BCUT2D eigenvalue weighted by molar-refractivity contribution is -0.133. The molecule has 4 rings (SSSR count). The average molecular weight is 387 g/mol. The highest BCUT2D eigenvalue weighted by Gasteiger charge is 2.46. The molecule has 2 aliphatic rings. The van der Waals surface area contributed by atoms with Crippen LogP contribution < -0.4 is 10.1 Å². The molecule has 1 N–H and O–H groups in total. The molecule has 2 aromatic rings. The van der Waals surface area contributed by atoms with Gasteiger partial charge in [-0.25, -0.2) is 0 Å². The molecule has 0 aromatic heterocycles. The van der Waals surface area contributed by atoms with Crippen molar-refractivity contribution in [2.45, 2.75) is 31.4 Å². The zero-order valence-corrected chi connectivity index (χ0v) is 16.5. The Hall–Kier alpha value is -2.04. The minimum atomic E-state index is 0. The van der Waals surface area contributed by atoms with Gasteiger partial charge in [0.15, 0.2) is 0 Å². The molecule has 0 radical (unpaired) electrons. The standard InChI is InChI=1S/C22H26N2O2.ClH/c1-24(18-11-12-23-14-18)22(25)21-13-20(21)17-7-9-19(10-8-17)26-15-16-5-3-2-4-6-16;/h2-10,18,20-21,23H,11-15H2,1H3;1H. The van der Waals surface area contributed by atoms with E-state index in [1.807, 2.05) is 42.3 Å². The first-order valence-electron chi connectivity index (χ1n) is 9.46. The van der Waals surface area contributed by atoms with Crippen molar-refractivity contribution in [3.8, 4) is 5.75 Å². The summed E-state index contributed by atoms with van der Waals surface area (Å²) in [4.78, 5) is 14.6. The molecule has 3 unspecified atom stereocenters. The fourth-order valence-electron chi connectivity index (χ4n) is 3.80. The van der Waals surface area contributed by atoms with Crippen molar-refractivity contribution in [1.82, 2.24) is 10.2 Å². The van der Waals surface area contributed by atoms with E-state index in [0.29, 0.717) is 24.5 Å². The Morgan fingerprint density at radius 2 is 1.89 bits per heavy atom. The molecule has 1 aliphatic carbocycles. The van der Waals surface area contributed by atoms with Gasteiger partial charge in [-0.3, -0.25) is 4.79 Å². The van der Waals surface area contributed by atoms with Crippen LogP contribution in [0.1, 0.15) is 29.9 Å². The normalized spacial score (nSPS) is 23.4. The van der Waals surface area contributed by atoms with Gasteiger partial charge in [-0.15, -0.1) is 12.4 Å². The van der Waals surface area contributed by atoms with E-state index in [1.165, 1.54) is 5.56 Å². The van der Waals surface area contributed by atoms with E-state index in [0.717, 1.165) is 37.2 Å². The lowest BCUT2D eigenvalue weighted by Gasteiger charge is -2.24.